The summed E-state index contributed by atoms with van der Waals surface area (Å²) in [6.07, 6.45) is 5.89. The van der Waals surface area contributed by atoms with Crippen molar-refractivity contribution in [1.29, 1.82) is 0 Å². The Balaban J connectivity index is 2.67. The number of hydrogen-bond donors (Lipinski definition) is 1. The van der Waals surface area contributed by atoms with Crippen molar-refractivity contribution in [3.63, 3.8) is 0 Å². The summed E-state index contributed by atoms with van der Waals surface area (Å²) in [5.41, 5.74) is -0.614. The molecule has 1 unspecified atom stereocenters. The van der Waals surface area contributed by atoms with Crippen LogP contribution in [0.5, 0.6) is 0 Å². The molecule has 0 aliphatic heterocycles. The SMILES string of the molecule is CN(C)C(CC(C)(C)C(=O)O)C1CCCC1. The number of carboxylic acid groups (broad SMARTS) is 1. The minimum atomic E-state index is -0.683. The molecular weight excluding hydrogens is 202 g/mol. The summed E-state index contributed by atoms with van der Waals surface area (Å²) in [6, 6.07) is 0.411. The highest BCUT2D eigenvalue weighted by molar-refractivity contribution is 5.73. The van der Waals surface area contributed by atoms with Gasteiger partial charge in [0.25, 0.3) is 0 Å². The molecule has 1 N–H and O–H groups in total. The number of aliphatic carboxylic acids is 1. The smallest absolute Gasteiger partial charge is 0.309 e. The van der Waals surface area contributed by atoms with Crippen molar-refractivity contribution in [2.24, 2.45) is 11.3 Å². The van der Waals surface area contributed by atoms with E-state index in [1.54, 1.807) is 0 Å². The van der Waals surface area contributed by atoms with E-state index in [0.29, 0.717) is 12.0 Å². The minimum Gasteiger partial charge on any atom is -0.481 e. The fourth-order valence-electron chi connectivity index (χ4n) is 2.72. The first-order chi connectivity index (χ1) is 7.34. The number of carboxylic acids is 1. The largest absolute Gasteiger partial charge is 0.481 e. The van der Waals surface area contributed by atoms with Gasteiger partial charge in [-0.1, -0.05) is 12.8 Å². The molecule has 0 aromatic heterocycles. The van der Waals surface area contributed by atoms with Crippen molar-refractivity contribution in [2.75, 3.05) is 14.1 Å². The van der Waals surface area contributed by atoms with Crippen LogP contribution in [0.3, 0.4) is 0 Å². The van der Waals surface area contributed by atoms with Gasteiger partial charge in [-0.15, -0.1) is 0 Å². The van der Waals surface area contributed by atoms with Gasteiger partial charge < -0.3 is 10.0 Å². The zero-order chi connectivity index (χ0) is 12.3. The first kappa shape index (κ1) is 13.5. The van der Waals surface area contributed by atoms with Crippen molar-refractivity contribution < 1.29 is 9.90 Å². The summed E-state index contributed by atoms with van der Waals surface area (Å²) in [5, 5.41) is 9.20. The number of nitrogens with zero attached hydrogens (tertiary/aromatic N) is 1. The van der Waals surface area contributed by atoms with Gasteiger partial charge in [0, 0.05) is 6.04 Å². The van der Waals surface area contributed by atoms with Gasteiger partial charge >= 0.3 is 5.97 Å². The molecule has 1 fully saturated rings. The van der Waals surface area contributed by atoms with Crippen LogP contribution in [-0.4, -0.2) is 36.1 Å². The second-order valence-electron chi connectivity index (χ2n) is 5.97. The maximum Gasteiger partial charge on any atom is 0.309 e. The zero-order valence-electron chi connectivity index (χ0n) is 11.0. The average Bonchev–Trinajstić information content (AvgIpc) is 2.66. The zero-order valence-corrected chi connectivity index (χ0v) is 11.0. The van der Waals surface area contributed by atoms with Gasteiger partial charge in [-0.2, -0.15) is 0 Å². The summed E-state index contributed by atoms with van der Waals surface area (Å²) in [5.74, 6) is 0.00553. The van der Waals surface area contributed by atoms with Crippen molar-refractivity contribution in [1.82, 2.24) is 4.90 Å². The summed E-state index contributed by atoms with van der Waals surface area (Å²) in [6.45, 7) is 3.67. The molecule has 16 heavy (non-hydrogen) atoms. The van der Waals surface area contributed by atoms with E-state index in [9.17, 15) is 9.90 Å². The summed E-state index contributed by atoms with van der Waals surface area (Å²) >= 11 is 0. The molecule has 0 aromatic rings. The van der Waals surface area contributed by atoms with Gasteiger partial charge in [0.2, 0.25) is 0 Å². The first-order valence-electron chi connectivity index (χ1n) is 6.24. The van der Waals surface area contributed by atoms with Crippen molar-refractivity contribution in [3.05, 3.63) is 0 Å². The van der Waals surface area contributed by atoms with Crippen LogP contribution in [0.15, 0.2) is 0 Å². The van der Waals surface area contributed by atoms with Gasteiger partial charge in [-0.05, 0) is 53.1 Å². The van der Waals surface area contributed by atoms with E-state index >= 15 is 0 Å². The Morgan fingerprint density at radius 2 is 1.88 bits per heavy atom. The molecule has 1 aliphatic rings. The highest BCUT2D eigenvalue weighted by atomic mass is 16.4. The molecule has 1 saturated carbocycles. The minimum absolute atomic E-state index is 0.411. The third-order valence-corrected chi connectivity index (χ3v) is 3.91. The molecule has 3 heteroatoms. The van der Waals surface area contributed by atoms with E-state index < -0.39 is 11.4 Å². The van der Waals surface area contributed by atoms with E-state index in [0.717, 1.165) is 6.42 Å². The standard InChI is InChI=1S/C13H25NO2/c1-13(2,12(15)16)9-11(14(3)4)10-7-5-6-8-10/h10-11H,5-9H2,1-4H3,(H,15,16). The molecule has 1 atom stereocenters. The van der Waals surface area contributed by atoms with Gasteiger partial charge in [-0.3, -0.25) is 4.79 Å². The highest BCUT2D eigenvalue weighted by Gasteiger charge is 2.35. The molecule has 3 nitrogen and oxygen atoms in total. The number of rotatable bonds is 5. The molecule has 0 aromatic carbocycles. The molecule has 0 spiro atoms. The van der Waals surface area contributed by atoms with Crippen molar-refractivity contribution in [2.45, 2.75) is 52.0 Å². The first-order valence-corrected chi connectivity index (χ1v) is 6.24. The van der Waals surface area contributed by atoms with Gasteiger partial charge in [0.05, 0.1) is 5.41 Å². The predicted molar refractivity (Wildman–Crippen MR) is 65.5 cm³/mol. The van der Waals surface area contributed by atoms with Crippen LogP contribution in [0.25, 0.3) is 0 Å². The molecule has 0 amide bonds. The fraction of sp³-hybridized carbons (Fsp3) is 0.923. The van der Waals surface area contributed by atoms with Gasteiger partial charge in [0.15, 0.2) is 0 Å². The molecule has 1 rings (SSSR count). The van der Waals surface area contributed by atoms with Gasteiger partial charge in [0.1, 0.15) is 0 Å². The molecule has 1 aliphatic carbocycles. The van der Waals surface area contributed by atoms with E-state index in [1.165, 1.54) is 25.7 Å². The molecular formula is C13H25NO2. The van der Waals surface area contributed by atoms with Crippen LogP contribution in [0.4, 0.5) is 0 Å². The lowest BCUT2D eigenvalue weighted by atomic mass is 9.80. The van der Waals surface area contributed by atoms with Crippen LogP contribution < -0.4 is 0 Å². The van der Waals surface area contributed by atoms with Crippen LogP contribution in [0.1, 0.15) is 46.0 Å². The molecule has 0 heterocycles. The second kappa shape index (κ2) is 5.17. The lowest BCUT2D eigenvalue weighted by Crippen LogP contribution is -2.40. The summed E-state index contributed by atoms with van der Waals surface area (Å²) < 4.78 is 0. The Bertz CT molecular complexity index is 242. The third-order valence-electron chi connectivity index (χ3n) is 3.91. The van der Waals surface area contributed by atoms with E-state index in [2.05, 4.69) is 19.0 Å². The summed E-state index contributed by atoms with van der Waals surface area (Å²) in [7, 11) is 4.14. The van der Waals surface area contributed by atoms with Crippen LogP contribution in [-0.2, 0) is 4.79 Å². The Morgan fingerprint density at radius 3 is 2.25 bits per heavy atom. The van der Waals surface area contributed by atoms with Gasteiger partial charge in [-0.25, -0.2) is 0 Å². The van der Waals surface area contributed by atoms with Crippen LogP contribution in [0, 0.1) is 11.3 Å². The molecule has 0 radical (unpaired) electrons. The van der Waals surface area contributed by atoms with E-state index in [1.807, 2.05) is 13.8 Å². The molecule has 0 saturated heterocycles. The normalized spacial score (nSPS) is 20.3. The lowest BCUT2D eigenvalue weighted by molar-refractivity contribution is -0.148. The maximum atomic E-state index is 11.2. The fourth-order valence-corrected chi connectivity index (χ4v) is 2.72. The number of hydrogen-bond acceptors (Lipinski definition) is 2. The quantitative estimate of drug-likeness (QED) is 0.785. The third kappa shape index (κ3) is 3.21. The van der Waals surface area contributed by atoms with Crippen LogP contribution >= 0.6 is 0 Å². The van der Waals surface area contributed by atoms with Crippen LogP contribution in [0.2, 0.25) is 0 Å². The molecule has 94 valence electrons. The Morgan fingerprint density at radius 1 is 1.38 bits per heavy atom. The average molecular weight is 227 g/mol. The topological polar surface area (TPSA) is 40.5 Å². The second-order valence-corrected chi connectivity index (χ2v) is 5.97. The van der Waals surface area contributed by atoms with E-state index in [4.69, 9.17) is 0 Å². The van der Waals surface area contributed by atoms with Crippen molar-refractivity contribution in [3.8, 4) is 0 Å². The Labute approximate surface area is 98.8 Å². The predicted octanol–water partition coefficient (Wildman–Crippen LogP) is 2.61. The van der Waals surface area contributed by atoms with Crippen molar-refractivity contribution >= 4 is 5.97 Å². The lowest BCUT2D eigenvalue weighted by Gasteiger charge is -2.34. The monoisotopic (exact) mass is 227 g/mol. The Hall–Kier alpha value is -0.570. The highest BCUT2D eigenvalue weighted by Crippen LogP contribution is 2.35. The maximum absolute atomic E-state index is 11.2. The number of carbonyl (C=O) groups is 1. The molecule has 0 bridgehead atoms. The van der Waals surface area contributed by atoms with E-state index in [-0.39, 0.29) is 0 Å². The Kier molecular flexibility index (Phi) is 4.36. The summed E-state index contributed by atoms with van der Waals surface area (Å²) in [4.78, 5) is 13.4.